The van der Waals surface area contributed by atoms with Crippen molar-refractivity contribution in [3.8, 4) is 0 Å². The molecule has 1 aliphatic heterocycles. The van der Waals surface area contributed by atoms with Crippen LogP contribution in [-0.4, -0.2) is 38.3 Å². The molecule has 0 aromatic rings. The second-order valence-corrected chi connectivity index (χ2v) is 7.24. The molecule has 1 aliphatic carbocycles. The van der Waals surface area contributed by atoms with Crippen molar-refractivity contribution in [1.82, 2.24) is 10.6 Å². The van der Waals surface area contributed by atoms with Gasteiger partial charge in [-0.1, -0.05) is 13.8 Å². The average Bonchev–Trinajstić information content (AvgIpc) is 2.37. The first-order chi connectivity index (χ1) is 8.80. The molecule has 0 aromatic carbocycles. The third kappa shape index (κ3) is 2.52. The molecule has 0 bridgehead atoms. The summed E-state index contributed by atoms with van der Waals surface area (Å²) in [5, 5.41) is 6.36. The monoisotopic (exact) mass is 268 g/mol. The van der Waals surface area contributed by atoms with Gasteiger partial charge in [0.2, 0.25) is 5.91 Å². The number of hydrogen-bond acceptors (Lipinski definition) is 3. The third-order valence-electron chi connectivity index (χ3n) is 4.94. The van der Waals surface area contributed by atoms with Gasteiger partial charge < -0.3 is 15.4 Å². The van der Waals surface area contributed by atoms with Crippen LogP contribution in [0.25, 0.3) is 0 Å². The van der Waals surface area contributed by atoms with Gasteiger partial charge in [-0.25, -0.2) is 0 Å². The molecule has 110 valence electrons. The summed E-state index contributed by atoms with van der Waals surface area (Å²) >= 11 is 0. The van der Waals surface area contributed by atoms with Crippen LogP contribution in [0, 0.1) is 16.7 Å². The molecule has 1 saturated carbocycles. The molecule has 3 atom stereocenters. The van der Waals surface area contributed by atoms with Crippen molar-refractivity contribution in [2.45, 2.75) is 52.7 Å². The highest BCUT2D eigenvalue weighted by atomic mass is 16.5. The van der Waals surface area contributed by atoms with Crippen LogP contribution < -0.4 is 10.6 Å². The summed E-state index contributed by atoms with van der Waals surface area (Å²) in [6.07, 6.45) is 2.79. The topological polar surface area (TPSA) is 50.4 Å². The molecule has 2 aliphatic rings. The molecule has 0 aromatic heterocycles. The SMILES string of the molecule is CNC(=O)C(C)(C)CN[C@H]1[C@H]2CCCO[C@@H]2C1(C)C. The first-order valence-electron chi connectivity index (χ1n) is 7.38. The Hall–Kier alpha value is -0.610. The van der Waals surface area contributed by atoms with Gasteiger partial charge in [-0.2, -0.15) is 0 Å². The van der Waals surface area contributed by atoms with E-state index in [2.05, 4.69) is 24.5 Å². The van der Waals surface area contributed by atoms with Crippen molar-refractivity contribution in [2.75, 3.05) is 20.2 Å². The predicted molar refractivity (Wildman–Crippen MR) is 75.9 cm³/mol. The van der Waals surface area contributed by atoms with Crippen LogP contribution in [0.2, 0.25) is 0 Å². The Kier molecular flexibility index (Phi) is 3.94. The van der Waals surface area contributed by atoms with E-state index in [-0.39, 0.29) is 16.7 Å². The molecule has 0 spiro atoms. The highest BCUT2D eigenvalue weighted by Gasteiger charge is 2.57. The highest BCUT2D eigenvalue weighted by Crippen LogP contribution is 2.51. The lowest BCUT2D eigenvalue weighted by atomic mass is 9.55. The molecule has 4 heteroatoms. The van der Waals surface area contributed by atoms with E-state index in [1.807, 2.05) is 13.8 Å². The molecule has 1 saturated heterocycles. The molecule has 2 rings (SSSR count). The first-order valence-corrected chi connectivity index (χ1v) is 7.38. The van der Waals surface area contributed by atoms with Gasteiger partial charge >= 0.3 is 0 Å². The standard InChI is InChI=1S/C15H28N2O2/c1-14(2,13(18)16-5)9-17-11-10-7-6-8-19-12(10)15(11,3)4/h10-12,17H,6-9H2,1-5H3,(H,16,18)/t10-,11+,12+/m1/s1. The van der Waals surface area contributed by atoms with Crippen molar-refractivity contribution in [1.29, 1.82) is 0 Å². The van der Waals surface area contributed by atoms with E-state index >= 15 is 0 Å². The lowest BCUT2D eigenvalue weighted by Gasteiger charge is -2.60. The van der Waals surface area contributed by atoms with Crippen molar-refractivity contribution < 1.29 is 9.53 Å². The summed E-state index contributed by atoms with van der Waals surface area (Å²) in [4.78, 5) is 11.8. The maximum atomic E-state index is 11.8. The van der Waals surface area contributed by atoms with E-state index in [1.165, 1.54) is 6.42 Å². The smallest absolute Gasteiger partial charge is 0.226 e. The predicted octanol–water partition coefficient (Wildman–Crippen LogP) is 1.55. The first kappa shape index (κ1) is 14.8. The Morgan fingerprint density at radius 1 is 1.42 bits per heavy atom. The van der Waals surface area contributed by atoms with Crippen LogP contribution in [0.4, 0.5) is 0 Å². The van der Waals surface area contributed by atoms with E-state index in [1.54, 1.807) is 7.05 Å². The van der Waals surface area contributed by atoms with Crippen LogP contribution >= 0.6 is 0 Å². The molecule has 2 fully saturated rings. The number of nitrogens with one attached hydrogen (secondary N) is 2. The number of fused-ring (bicyclic) bond motifs is 1. The fourth-order valence-corrected chi connectivity index (χ4v) is 3.72. The minimum absolute atomic E-state index is 0.0913. The molecule has 2 N–H and O–H groups in total. The van der Waals surface area contributed by atoms with Gasteiger partial charge in [0.05, 0.1) is 11.5 Å². The minimum atomic E-state index is -0.370. The Balaban J connectivity index is 1.94. The summed E-state index contributed by atoms with van der Waals surface area (Å²) in [7, 11) is 1.70. The van der Waals surface area contributed by atoms with E-state index in [0.717, 1.165) is 13.0 Å². The summed E-state index contributed by atoms with van der Waals surface area (Å²) in [5.41, 5.74) is -0.199. The number of ether oxygens (including phenoxy) is 1. The Morgan fingerprint density at radius 3 is 2.74 bits per heavy atom. The number of rotatable bonds is 4. The quantitative estimate of drug-likeness (QED) is 0.813. The van der Waals surface area contributed by atoms with Crippen LogP contribution in [0.5, 0.6) is 0 Å². The van der Waals surface area contributed by atoms with Gasteiger partial charge in [-0.05, 0) is 26.7 Å². The average molecular weight is 268 g/mol. The fraction of sp³-hybridized carbons (Fsp3) is 0.933. The number of carbonyl (C=O) groups excluding carboxylic acids is 1. The van der Waals surface area contributed by atoms with Gasteiger partial charge in [-0.15, -0.1) is 0 Å². The maximum absolute atomic E-state index is 11.8. The van der Waals surface area contributed by atoms with Crippen LogP contribution in [-0.2, 0) is 9.53 Å². The summed E-state index contributed by atoms with van der Waals surface area (Å²) in [6, 6.07) is 0.460. The minimum Gasteiger partial charge on any atom is -0.377 e. The lowest BCUT2D eigenvalue weighted by Crippen LogP contribution is -2.70. The summed E-state index contributed by atoms with van der Waals surface area (Å²) in [5.74, 6) is 0.706. The molecule has 19 heavy (non-hydrogen) atoms. The van der Waals surface area contributed by atoms with Crippen molar-refractivity contribution in [3.63, 3.8) is 0 Å². The Bertz CT molecular complexity index is 352. The van der Waals surface area contributed by atoms with Crippen LogP contribution in [0.15, 0.2) is 0 Å². The van der Waals surface area contributed by atoms with Crippen LogP contribution in [0.3, 0.4) is 0 Å². The number of carbonyl (C=O) groups is 1. The molecule has 1 heterocycles. The molecular weight excluding hydrogens is 240 g/mol. The lowest BCUT2D eigenvalue weighted by molar-refractivity contribution is -0.193. The van der Waals surface area contributed by atoms with Gasteiger partial charge in [0.1, 0.15) is 0 Å². The highest BCUT2D eigenvalue weighted by molar-refractivity contribution is 5.81. The molecule has 0 radical (unpaired) electrons. The van der Waals surface area contributed by atoms with Gasteiger partial charge in [-0.3, -0.25) is 4.79 Å². The molecular formula is C15H28N2O2. The van der Waals surface area contributed by atoms with E-state index in [9.17, 15) is 4.79 Å². The zero-order valence-corrected chi connectivity index (χ0v) is 12.9. The van der Waals surface area contributed by atoms with Gasteiger partial charge in [0.15, 0.2) is 0 Å². The fourth-order valence-electron chi connectivity index (χ4n) is 3.72. The molecule has 0 unspecified atom stereocenters. The summed E-state index contributed by atoms with van der Waals surface area (Å²) < 4.78 is 5.90. The van der Waals surface area contributed by atoms with Crippen LogP contribution in [0.1, 0.15) is 40.5 Å². The van der Waals surface area contributed by atoms with Crippen molar-refractivity contribution in [3.05, 3.63) is 0 Å². The Labute approximate surface area is 116 Å². The molecule has 1 amide bonds. The number of hydrogen-bond donors (Lipinski definition) is 2. The van der Waals surface area contributed by atoms with E-state index < -0.39 is 0 Å². The van der Waals surface area contributed by atoms with Crippen molar-refractivity contribution in [2.24, 2.45) is 16.7 Å². The third-order valence-corrected chi connectivity index (χ3v) is 4.94. The second kappa shape index (κ2) is 5.06. The van der Waals surface area contributed by atoms with Gasteiger partial charge in [0.25, 0.3) is 0 Å². The van der Waals surface area contributed by atoms with E-state index in [4.69, 9.17) is 4.74 Å². The largest absolute Gasteiger partial charge is 0.377 e. The molecule has 4 nitrogen and oxygen atoms in total. The van der Waals surface area contributed by atoms with Gasteiger partial charge in [0, 0.05) is 37.6 Å². The zero-order valence-electron chi connectivity index (χ0n) is 12.9. The number of amides is 1. The van der Waals surface area contributed by atoms with Crippen molar-refractivity contribution >= 4 is 5.91 Å². The van der Waals surface area contributed by atoms with E-state index in [0.29, 0.717) is 24.6 Å². The maximum Gasteiger partial charge on any atom is 0.226 e. The Morgan fingerprint density at radius 2 is 2.11 bits per heavy atom. The normalized spacial score (nSPS) is 33.2. The second-order valence-electron chi connectivity index (χ2n) is 7.24. The summed E-state index contributed by atoms with van der Waals surface area (Å²) in [6.45, 7) is 10.1. The zero-order chi connectivity index (χ0) is 14.3.